The Balaban J connectivity index is 1.36. The average molecular weight is 460 g/mol. The highest BCUT2D eigenvalue weighted by atomic mass is 32.1. The van der Waals surface area contributed by atoms with Crippen molar-refractivity contribution in [3.8, 4) is 0 Å². The van der Waals surface area contributed by atoms with Crippen molar-refractivity contribution >= 4 is 34.0 Å². The Labute approximate surface area is 188 Å². The Morgan fingerprint density at radius 1 is 1.28 bits per heavy atom. The SMILES string of the molecule is CCOC(=O)Cc1csc(NC(=O)c2nn(C34CC5CC(CC(C5)C3)C4)cc2[N+](=O)[O-])n1. The van der Waals surface area contributed by atoms with E-state index in [4.69, 9.17) is 4.74 Å². The monoisotopic (exact) mass is 459 g/mol. The van der Waals surface area contributed by atoms with Crippen molar-refractivity contribution in [1.82, 2.24) is 14.8 Å². The zero-order valence-electron chi connectivity index (χ0n) is 17.8. The van der Waals surface area contributed by atoms with Crippen LogP contribution >= 0.6 is 11.3 Å². The van der Waals surface area contributed by atoms with Crippen molar-refractivity contribution in [2.45, 2.75) is 57.4 Å². The highest BCUT2D eigenvalue weighted by Crippen LogP contribution is 2.58. The summed E-state index contributed by atoms with van der Waals surface area (Å²) in [4.78, 5) is 39.9. The van der Waals surface area contributed by atoms with Gasteiger partial charge in [-0.2, -0.15) is 5.10 Å². The first kappa shape index (κ1) is 21.0. The third-order valence-electron chi connectivity index (χ3n) is 7.00. The fraction of sp³-hybridized carbons (Fsp3) is 0.619. The first-order chi connectivity index (χ1) is 15.3. The van der Waals surface area contributed by atoms with E-state index in [0.29, 0.717) is 23.4 Å². The second-order valence-corrected chi connectivity index (χ2v) is 10.1. The maximum atomic E-state index is 12.9. The molecule has 0 radical (unpaired) electrons. The lowest BCUT2D eigenvalue weighted by molar-refractivity contribution is -0.385. The van der Waals surface area contributed by atoms with Gasteiger partial charge in [-0.05, 0) is 63.2 Å². The normalized spacial score (nSPS) is 28.0. The van der Waals surface area contributed by atoms with Crippen LogP contribution in [0.1, 0.15) is 61.6 Å². The Kier molecular flexibility index (Phi) is 5.23. The average Bonchev–Trinajstić information content (AvgIpc) is 3.35. The van der Waals surface area contributed by atoms with Crippen LogP contribution in [-0.2, 0) is 21.5 Å². The van der Waals surface area contributed by atoms with E-state index < -0.39 is 16.8 Å². The van der Waals surface area contributed by atoms with Gasteiger partial charge in [0.05, 0.1) is 29.2 Å². The maximum Gasteiger partial charge on any atom is 0.320 e. The molecule has 6 rings (SSSR count). The molecule has 2 aromatic rings. The number of hydrogen-bond acceptors (Lipinski definition) is 8. The van der Waals surface area contributed by atoms with E-state index in [-0.39, 0.29) is 35.1 Å². The second-order valence-electron chi connectivity index (χ2n) is 9.29. The summed E-state index contributed by atoms with van der Waals surface area (Å²) in [7, 11) is 0. The number of anilines is 1. The van der Waals surface area contributed by atoms with Crippen molar-refractivity contribution in [1.29, 1.82) is 0 Å². The van der Waals surface area contributed by atoms with Crippen LogP contribution in [0.15, 0.2) is 11.6 Å². The van der Waals surface area contributed by atoms with Crippen LogP contribution in [-0.4, -0.2) is 38.2 Å². The first-order valence-corrected chi connectivity index (χ1v) is 11.9. The zero-order chi connectivity index (χ0) is 22.5. The molecular weight excluding hydrogens is 434 g/mol. The molecule has 2 aromatic heterocycles. The van der Waals surface area contributed by atoms with Crippen LogP contribution in [0.5, 0.6) is 0 Å². The number of carbonyl (C=O) groups excluding carboxylic acids is 2. The predicted molar refractivity (Wildman–Crippen MR) is 115 cm³/mol. The number of amides is 1. The molecule has 1 N–H and O–H groups in total. The van der Waals surface area contributed by atoms with Gasteiger partial charge in [0.1, 0.15) is 6.20 Å². The van der Waals surface area contributed by atoms with Gasteiger partial charge in [0.15, 0.2) is 5.13 Å². The highest BCUT2D eigenvalue weighted by molar-refractivity contribution is 7.14. The molecule has 11 heteroatoms. The van der Waals surface area contributed by atoms with Crippen LogP contribution < -0.4 is 5.32 Å². The number of rotatable bonds is 7. The highest BCUT2D eigenvalue weighted by Gasteiger charge is 2.53. The molecule has 4 aliphatic carbocycles. The summed E-state index contributed by atoms with van der Waals surface area (Å²) in [6, 6.07) is 0. The van der Waals surface area contributed by atoms with Crippen molar-refractivity contribution in [2.75, 3.05) is 11.9 Å². The molecule has 0 unspecified atom stereocenters. The van der Waals surface area contributed by atoms with Crippen molar-refractivity contribution in [3.63, 3.8) is 0 Å². The molecule has 32 heavy (non-hydrogen) atoms. The van der Waals surface area contributed by atoms with Gasteiger partial charge in [0.2, 0.25) is 5.69 Å². The van der Waals surface area contributed by atoms with Crippen LogP contribution in [0.4, 0.5) is 10.8 Å². The number of carbonyl (C=O) groups is 2. The molecule has 4 bridgehead atoms. The molecule has 2 heterocycles. The van der Waals surface area contributed by atoms with Gasteiger partial charge in [0, 0.05) is 5.38 Å². The van der Waals surface area contributed by atoms with E-state index >= 15 is 0 Å². The third kappa shape index (κ3) is 3.78. The van der Waals surface area contributed by atoms with Gasteiger partial charge in [-0.25, -0.2) is 4.98 Å². The van der Waals surface area contributed by atoms with E-state index in [0.717, 1.165) is 30.6 Å². The minimum absolute atomic E-state index is 0.000997. The molecule has 4 aliphatic rings. The molecule has 4 saturated carbocycles. The number of aromatic nitrogens is 3. The maximum absolute atomic E-state index is 12.9. The van der Waals surface area contributed by atoms with Gasteiger partial charge in [0.25, 0.3) is 5.91 Å². The van der Waals surface area contributed by atoms with Crippen LogP contribution in [0.2, 0.25) is 0 Å². The van der Waals surface area contributed by atoms with Crippen molar-refractivity contribution in [3.05, 3.63) is 33.1 Å². The molecule has 4 fully saturated rings. The van der Waals surface area contributed by atoms with Crippen LogP contribution in [0.25, 0.3) is 0 Å². The van der Waals surface area contributed by atoms with Gasteiger partial charge in [-0.1, -0.05) is 0 Å². The second kappa shape index (κ2) is 7.95. The van der Waals surface area contributed by atoms with E-state index in [1.807, 2.05) is 0 Å². The Bertz CT molecular complexity index is 1040. The van der Waals surface area contributed by atoms with E-state index in [1.54, 1.807) is 17.0 Å². The molecule has 170 valence electrons. The lowest BCUT2D eigenvalue weighted by atomic mass is 9.53. The Morgan fingerprint density at radius 3 is 2.53 bits per heavy atom. The first-order valence-electron chi connectivity index (χ1n) is 11.0. The summed E-state index contributed by atoms with van der Waals surface area (Å²) in [6.07, 6.45) is 8.10. The minimum atomic E-state index is -0.669. The summed E-state index contributed by atoms with van der Waals surface area (Å²) in [6.45, 7) is 2.00. The lowest BCUT2D eigenvalue weighted by Crippen LogP contribution is -2.52. The number of nitro groups is 1. The van der Waals surface area contributed by atoms with Crippen molar-refractivity contribution in [2.24, 2.45) is 17.8 Å². The fourth-order valence-corrected chi connectivity index (χ4v) is 6.92. The number of thiazole rings is 1. The quantitative estimate of drug-likeness (QED) is 0.381. The van der Waals surface area contributed by atoms with E-state index in [1.165, 1.54) is 25.5 Å². The van der Waals surface area contributed by atoms with Gasteiger partial charge in [-0.3, -0.25) is 29.7 Å². The summed E-state index contributed by atoms with van der Waals surface area (Å²) < 4.78 is 6.62. The van der Waals surface area contributed by atoms with Gasteiger partial charge >= 0.3 is 11.7 Å². The van der Waals surface area contributed by atoms with E-state index in [9.17, 15) is 19.7 Å². The number of nitrogens with one attached hydrogen (secondary N) is 1. The number of ether oxygens (including phenoxy) is 1. The van der Waals surface area contributed by atoms with Crippen LogP contribution in [0, 0.1) is 27.9 Å². The molecule has 1 amide bonds. The minimum Gasteiger partial charge on any atom is -0.466 e. The topological polar surface area (TPSA) is 129 Å². The van der Waals surface area contributed by atoms with Crippen LogP contribution in [0.3, 0.4) is 0 Å². The molecule has 0 aromatic carbocycles. The number of hydrogen-bond donors (Lipinski definition) is 1. The van der Waals surface area contributed by atoms with E-state index in [2.05, 4.69) is 15.4 Å². The van der Waals surface area contributed by atoms with Gasteiger partial charge < -0.3 is 4.74 Å². The molecule has 10 nitrogen and oxygen atoms in total. The Morgan fingerprint density at radius 2 is 1.94 bits per heavy atom. The Hall–Kier alpha value is -2.82. The molecule has 0 spiro atoms. The number of nitrogens with zero attached hydrogens (tertiary/aromatic N) is 4. The molecule has 0 saturated heterocycles. The largest absolute Gasteiger partial charge is 0.466 e. The summed E-state index contributed by atoms with van der Waals surface area (Å²) in [5.74, 6) is 0.873. The number of esters is 1. The fourth-order valence-electron chi connectivity index (χ4n) is 6.21. The molecule has 0 aliphatic heterocycles. The summed E-state index contributed by atoms with van der Waals surface area (Å²) in [5, 5.41) is 20.7. The zero-order valence-corrected chi connectivity index (χ0v) is 18.6. The lowest BCUT2D eigenvalue weighted by Gasteiger charge is -2.56. The van der Waals surface area contributed by atoms with Crippen molar-refractivity contribution < 1.29 is 19.2 Å². The summed E-state index contributed by atoms with van der Waals surface area (Å²) in [5.41, 5.74) is -0.238. The standard InChI is InChI=1S/C21H25N5O5S/c1-2-31-17(27)6-15-11-32-20(22-15)23-19(28)18-16(26(29)30)10-25(24-18)21-7-12-3-13(8-21)5-14(4-12)9-21/h10-14H,2-9H2,1H3,(H,22,23,28). The molecular formula is C21H25N5O5S. The van der Waals surface area contributed by atoms with Gasteiger partial charge in [-0.15, -0.1) is 11.3 Å². The third-order valence-corrected chi connectivity index (χ3v) is 7.81. The smallest absolute Gasteiger partial charge is 0.320 e. The predicted octanol–water partition coefficient (Wildman–Crippen LogP) is 3.53. The summed E-state index contributed by atoms with van der Waals surface area (Å²) >= 11 is 1.15. The molecule has 0 atom stereocenters.